The van der Waals surface area contributed by atoms with Gasteiger partial charge in [-0.3, -0.25) is 0 Å². The van der Waals surface area contributed by atoms with Gasteiger partial charge in [-0.25, -0.2) is 9.59 Å². The first-order chi connectivity index (χ1) is 10.7. The van der Waals surface area contributed by atoms with Crippen LogP contribution in [0.4, 0.5) is 0 Å². The summed E-state index contributed by atoms with van der Waals surface area (Å²) in [6, 6.07) is 15.7. The predicted molar refractivity (Wildman–Crippen MR) is 82.5 cm³/mol. The van der Waals surface area contributed by atoms with Crippen LogP contribution in [0.1, 0.15) is 22.8 Å². The minimum absolute atomic E-state index is 0.0171. The zero-order valence-electron chi connectivity index (χ0n) is 12.2. The van der Waals surface area contributed by atoms with Gasteiger partial charge in [0.05, 0.1) is 5.56 Å². The highest BCUT2D eigenvalue weighted by Gasteiger charge is 2.14. The van der Waals surface area contributed by atoms with Crippen LogP contribution in [-0.2, 0) is 16.1 Å². The molecule has 0 unspecified atom stereocenters. The number of hydrogen-bond donors (Lipinski definition) is 0. The van der Waals surface area contributed by atoms with Gasteiger partial charge in [0.15, 0.2) is 0 Å². The standard InChI is InChI=1S/C18H16O4/c1-2-8-17(19)21-13-14-9-6-7-12-16(14)18(20)22-15-10-4-3-5-11-15/h2-12H,13H2,1H3. The summed E-state index contributed by atoms with van der Waals surface area (Å²) in [5, 5.41) is 0. The van der Waals surface area contributed by atoms with Gasteiger partial charge < -0.3 is 9.47 Å². The van der Waals surface area contributed by atoms with Crippen molar-refractivity contribution in [1.29, 1.82) is 0 Å². The molecule has 0 atom stereocenters. The third kappa shape index (κ3) is 4.31. The fourth-order valence-corrected chi connectivity index (χ4v) is 1.83. The lowest BCUT2D eigenvalue weighted by Crippen LogP contribution is -2.12. The first-order valence-corrected chi connectivity index (χ1v) is 6.85. The minimum atomic E-state index is -0.483. The lowest BCUT2D eigenvalue weighted by molar-refractivity contribution is -0.139. The molecule has 112 valence electrons. The maximum atomic E-state index is 12.2. The molecule has 2 rings (SSSR count). The van der Waals surface area contributed by atoms with Crippen LogP contribution < -0.4 is 4.74 Å². The van der Waals surface area contributed by atoms with E-state index < -0.39 is 11.9 Å². The first kappa shape index (κ1) is 15.5. The van der Waals surface area contributed by atoms with E-state index in [4.69, 9.17) is 9.47 Å². The van der Waals surface area contributed by atoms with E-state index in [1.165, 1.54) is 6.08 Å². The summed E-state index contributed by atoms with van der Waals surface area (Å²) >= 11 is 0. The highest BCUT2D eigenvalue weighted by Crippen LogP contribution is 2.15. The second-order valence-corrected chi connectivity index (χ2v) is 4.47. The minimum Gasteiger partial charge on any atom is -0.458 e. The quantitative estimate of drug-likeness (QED) is 0.481. The van der Waals surface area contributed by atoms with Crippen molar-refractivity contribution in [3.63, 3.8) is 0 Å². The van der Waals surface area contributed by atoms with E-state index in [-0.39, 0.29) is 6.61 Å². The van der Waals surface area contributed by atoms with Crippen LogP contribution in [0.25, 0.3) is 0 Å². The number of hydrogen-bond acceptors (Lipinski definition) is 4. The van der Waals surface area contributed by atoms with Gasteiger partial charge in [-0.05, 0) is 25.1 Å². The van der Waals surface area contributed by atoms with Crippen molar-refractivity contribution < 1.29 is 19.1 Å². The molecule has 0 fully saturated rings. The molecule has 0 spiro atoms. The van der Waals surface area contributed by atoms with Crippen LogP contribution in [0.2, 0.25) is 0 Å². The Labute approximate surface area is 129 Å². The van der Waals surface area contributed by atoms with E-state index >= 15 is 0 Å². The van der Waals surface area contributed by atoms with Crippen molar-refractivity contribution in [3.05, 3.63) is 77.9 Å². The van der Waals surface area contributed by atoms with Crippen molar-refractivity contribution in [3.8, 4) is 5.75 Å². The van der Waals surface area contributed by atoms with E-state index in [0.29, 0.717) is 16.9 Å². The maximum absolute atomic E-state index is 12.2. The SMILES string of the molecule is CC=CC(=O)OCc1ccccc1C(=O)Oc1ccccc1. The zero-order chi connectivity index (χ0) is 15.8. The van der Waals surface area contributed by atoms with Gasteiger partial charge in [-0.1, -0.05) is 42.5 Å². The van der Waals surface area contributed by atoms with Gasteiger partial charge in [-0.2, -0.15) is 0 Å². The first-order valence-electron chi connectivity index (χ1n) is 6.85. The Morgan fingerprint density at radius 3 is 2.41 bits per heavy atom. The normalized spacial score (nSPS) is 10.4. The maximum Gasteiger partial charge on any atom is 0.343 e. The van der Waals surface area contributed by atoms with Crippen molar-refractivity contribution in [2.75, 3.05) is 0 Å². The zero-order valence-corrected chi connectivity index (χ0v) is 12.2. The Kier molecular flexibility index (Phi) is 5.49. The highest BCUT2D eigenvalue weighted by atomic mass is 16.5. The number of ether oxygens (including phenoxy) is 2. The van der Waals surface area contributed by atoms with E-state index in [1.54, 1.807) is 61.5 Å². The summed E-state index contributed by atoms with van der Waals surface area (Å²) in [4.78, 5) is 23.6. The van der Waals surface area contributed by atoms with E-state index in [9.17, 15) is 9.59 Å². The van der Waals surface area contributed by atoms with Crippen molar-refractivity contribution in [2.24, 2.45) is 0 Å². The molecule has 0 saturated carbocycles. The Bertz CT molecular complexity index is 674. The molecule has 0 heterocycles. The Balaban J connectivity index is 2.10. The molecule has 4 nitrogen and oxygen atoms in total. The third-order valence-corrected chi connectivity index (χ3v) is 2.86. The van der Waals surface area contributed by atoms with Crippen LogP contribution in [0.3, 0.4) is 0 Å². The number of rotatable bonds is 5. The molecular formula is C18H16O4. The van der Waals surface area contributed by atoms with Crippen molar-refractivity contribution in [1.82, 2.24) is 0 Å². The number of para-hydroxylation sites is 1. The predicted octanol–water partition coefficient (Wildman–Crippen LogP) is 3.53. The van der Waals surface area contributed by atoms with Crippen molar-refractivity contribution in [2.45, 2.75) is 13.5 Å². The average Bonchev–Trinajstić information content (AvgIpc) is 2.54. The molecule has 0 aliphatic heterocycles. The molecular weight excluding hydrogens is 280 g/mol. The largest absolute Gasteiger partial charge is 0.458 e. The number of esters is 2. The van der Waals surface area contributed by atoms with Crippen molar-refractivity contribution >= 4 is 11.9 Å². The molecule has 0 saturated heterocycles. The average molecular weight is 296 g/mol. The molecule has 0 aliphatic carbocycles. The second-order valence-electron chi connectivity index (χ2n) is 4.47. The Morgan fingerprint density at radius 2 is 1.68 bits per heavy atom. The molecule has 0 bridgehead atoms. The topological polar surface area (TPSA) is 52.6 Å². The number of benzene rings is 2. The molecule has 2 aromatic rings. The number of carbonyl (C=O) groups is 2. The van der Waals surface area contributed by atoms with Gasteiger partial charge in [0.25, 0.3) is 0 Å². The van der Waals surface area contributed by atoms with Gasteiger partial charge in [0.2, 0.25) is 0 Å². The molecule has 0 amide bonds. The Hall–Kier alpha value is -2.88. The Morgan fingerprint density at radius 1 is 1.00 bits per heavy atom. The van der Waals surface area contributed by atoms with Crippen LogP contribution >= 0.6 is 0 Å². The monoisotopic (exact) mass is 296 g/mol. The molecule has 22 heavy (non-hydrogen) atoms. The summed E-state index contributed by atoms with van der Waals surface area (Å²) < 4.78 is 10.4. The van der Waals surface area contributed by atoms with Crippen LogP contribution in [0, 0.1) is 0 Å². The van der Waals surface area contributed by atoms with Crippen LogP contribution in [-0.4, -0.2) is 11.9 Å². The van der Waals surface area contributed by atoms with E-state index in [1.807, 2.05) is 6.07 Å². The molecule has 2 aromatic carbocycles. The molecule has 0 aliphatic rings. The van der Waals surface area contributed by atoms with Gasteiger partial charge in [0.1, 0.15) is 12.4 Å². The van der Waals surface area contributed by atoms with E-state index in [2.05, 4.69) is 0 Å². The summed E-state index contributed by atoms with van der Waals surface area (Å²) in [5.74, 6) is -0.467. The van der Waals surface area contributed by atoms with Crippen LogP contribution in [0.5, 0.6) is 5.75 Å². The third-order valence-electron chi connectivity index (χ3n) is 2.86. The van der Waals surface area contributed by atoms with Gasteiger partial charge >= 0.3 is 11.9 Å². The number of carbonyl (C=O) groups excluding carboxylic acids is 2. The summed E-state index contributed by atoms with van der Waals surface area (Å²) in [6.07, 6.45) is 2.92. The van der Waals surface area contributed by atoms with Gasteiger partial charge in [-0.15, -0.1) is 0 Å². The van der Waals surface area contributed by atoms with E-state index in [0.717, 1.165) is 0 Å². The summed E-state index contributed by atoms with van der Waals surface area (Å²) in [5.41, 5.74) is 0.973. The molecule has 0 N–H and O–H groups in total. The lowest BCUT2D eigenvalue weighted by Gasteiger charge is -2.09. The fourth-order valence-electron chi connectivity index (χ4n) is 1.83. The molecule has 0 radical (unpaired) electrons. The molecule has 0 aromatic heterocycles. The summed E-state index contributed by atoms with van der Waals surface area (Å²) in [6.45, 7) is 1.75. The van der Waals surface area contributed by atoms with Gasteiger partial charge in [0, 0.05) is 11.6 Å². The lowest BCUT2D eigenvalue weighted by atomic mass is 10.1. The van der Waals surface area contributed by atoms with Crippen LogP contribution in [0.15, 0.2) is 66.7 Å². The highest BCUT2D eigenvalue weighted by molar-refractivity contribution is 5.92. The summed E-state index contributed by atoms with van der Waals surface area (Å²) in [7, 11) is 0. The fraction of sp³-hybridized carbons (Fsp3) is 0.111. The smallest absolute Gasteiger partial charge is 0.343 e. The second kappa shape index (κ2) is 7.78. The molecule has 4 heteroatoms. The number of allylic oxidation sites excluding steroid dienone is 1.